The van der Waals surface area contributed by atoms with Crippen LogP contribution in [0.4, 0.5) is 17.8 Å². The quantitative estimate of drug-likeness (QED) is 0.295. The van der Waals surface area contributed by atoms with E-state index < -0.39 is 0 Å². The molecular weight excluding hydrogens is 366 g/mol. The predicted octanol–water partition coefficient (Wildman–Crippen LogP) is 4.35. The molecule has 0 aliphatic rings. The molecule has 0 aromatic carbocycles. The van der Waals surface area contributed by atoms with E-state index in [1.807, 2.05) is 0 Å². The number of primary amides is 1. The normalized spacial score (nSPS) is 10.4. The Labute approximate surface area is 176 Å². The molecule has 0 bridgehead atoms. The molecule has 29 heavy (non-hydrogen) atoms. The lowest BCUT2D eigenvalue weighted by atomic mass is 10.0. The molecule has 0 saturated heterocycles. The van der Waals surface area contributed by atoms with Crippen molar-refractivity contribution in [1.82, 2.24) is 15.0 Å². The number of carbonyl (C=O) groups excluding carboxylic acids is 1. The largest absolute Gasteiger partial charge is 0.370 e. The Morgan fingerprint density at radius 2 is 0.862 bits per heavy atom. The Bertz CT molecular complexity index is 475. The fraction of sp³-hybridized carbons (Fsp3) is 0.810. The second kappa shape index (κ2) is 19.2. The maximum absolute atomic E-state index is 10.6. The maximum atomic E-state index is 10.6. The summed E-state index contributed by atoms with van der Waals surface area (Å²) >= 11 is 0. The lowest BCUT2D eigenvalue weighted by Crippen LogP contribution is -2.09. The predicted molar refractivity (Wildman–Crippen MR) is 122 cm³/mol. The van der Waals surface area contributed by atoms with Crippen LogP contribution in [0.15, 0.2) is 0 Å². The highest BCUT2D eigenvalue weighted by molar-refractivity contribution is 5.73. The van der Waals surface area contributed by atoms with Crippen LogP contribution in [0.25, 0.3) is 0 Å². The molecule has 0 fully saturated rings. The van der Waals surface area contributed by atoms with E-state index in [0.717, 1.165) is 6.42 Å². The molecule has 1 rings (SSSR count). The Balaban J connectivity index is 0.000000717. The van der Waals surface area contributed by atoms with Gasteiger partial charge in [0.15, 0.2) is 0 Å². The summed E-state index contributed by atoms with van der Waals surface area (Å²) < 4.78 is 0. The van der Waals surface area contributed by atoms with Crippen LogP contribution in [-0.4, -0.2) is 20.9 Å². The van der Waals surface area contributed by atoms with E-state index in [2.05, 4.69) is 21.9 Å². The van der Waals surface area contributed by atoms with E-state index in [1.165, 1.54) is 89.9 Å². The molecule has 8 nitrogen and oxygen atoms in total. The first-order chi connectivity index (χ1) is 14.0. The topological polar surface area (TPSA) is 160 Å². The second-order valence-corrected chi connectivity index (χ2v) is 7.58. The highest BCUT2D eigenvalue weighted by Crippen LogP contribution is 2.13. The maximum Gasteiger partial charge on any atom is 0.226 e. The summed E-state index contributed by atoms with van der Waals surface area (Å²) in [6.45, 7) is 2.28. The van der Waals surface area contributed by atoms with Crippen LogP contribution in [0.5, 0.6) is 0 Å². The lowest BCUT2D eigenvalue weighted by molar-refractivity contribution is -0.118. The summed E-state index contributed by atoms with van der Waals surface area (Å²) in [6, 6.07) is 0. The molecule has 1 aromatic rings. The minimum Gasteiger partial charge on any atom is -0.370 e. The van der Waals surface area contributed by atoms with Gasteiger partial charge in [-0.25, -0.2) is 0 Å². The number of anilines is 3. The Hall–Kier alpha value is -2.12. The number of nitrogens with zero attached hydrogens (tertiary/aromatic N) is 3. The monoisotopic (exact) mass is 409 g/mol. The van der Waals surface area contributed by atoms with Crippen molar-refractivity contribution in [2.75, 3.05) is 17.2 Å². The zero-order valence-electron chi connectivity index (χ0n) is 18.4. The highest BCUT2D eigenvalue weighted by atomic mass is 16.1. The van der Waals surface area contributed by atoms with Gasteiger partial charge in [-0.1, -0.05) is 96.8 Å². The molecule has 168 valence electrons. The number of carbonyl (C=O) groups is 1. The summed E-state index contributed by atoms with van der Waals surface area (Å²) in [5, 5.41) is 0. The van der Waals surface area contributed by atoms with Crippen molar-refractivity contribution in [3.63, 3.8) is 0 Å². The van der Waals surface area contributed by atoms with Crippen molar-refractivity contribution >= 4 is 23.8 Å². The molecule has 0 aliphatic carbocycles. The number of unbranched alkanes of at least 4 members (excludes halogenated alkanes) is 14. The van der Waals surface area contributed by atoms with Crippen LogP contribution in [0.2, 0.25) is 0 Å². The molecule has 8 N–H and O–H groups in total. The van der Waals surface area contributed by atoms with Crippen LogP contribution in [0.3, 0.4) is 0 Å². The zero-order chi connectivity index (χ0) is 21.7. The minimum absolute atomic E-state index is 0.0417. The molecule has 1 heterocycles. The molecule has 0 spiro atoms. The van der Waals surface area contributed by atoms with E-state index in [1.54, 1.807) is 0 Å². The number of nitrogens with two attached hydrogens (primary N) is 4. The Morgan fingerprint density at radius 3 is 1.14 bits per heavy atom. The second-order valence-electron chi connectivity index (χ2n) is 7.58. The number of nitrogen functional groups attached to an aromatic ring is 3. The van der Waals surface area contributed by atoms with Crippen molar-refractivity contribution < 1.29 is 4.79 Å². The van der Waals surface area contributed by atoms with Gasteiger partial charge in [0.25, 0.3) is 0 Å². The van der Waals surface area contributed by atoms with Gasteiger partial charge in [0.05, 0.1) is 0 Å². The van der Waals surface area contributed by atoms with Crippen molar-refractivity contribution in [1.29, 1.82) is 0 Å². The first-order valence-corrected chi connectivity index (χ1v) is 11.3. The number of rotatable bonds is 16. The zero-order valence-corrected chi connectivity index (χ0v) is 18.4. The molecule has 0 aliphatic heterocycles. The first kappa shape index (κ1) is 26.9. The molecule has 0 atom stereocenters. The average Bonchev–Trinajstić information content (AvgIpc) is 2.64. The summed E-state index contributed by atoms with van der Waals surface area (Å²) in [5.74, 6) is -0.0281. The summed E-state index contributed by atoms with van der Waals surface area (Å²) in [7, 11) is 0. The summed E-state index contributed by atoms with van der Waals surface area (Å²) in [4.78, 5) is 21.0. The van der Waals surface area contributed by atoms with Crippen molar-refractivity contribution in [3.8, 4) is 0 Å². The van der Waals surface area contributed by atoms with Crippen LogP contribution in [-0.2, 0) is 4.79 Å². The average molecular weight is 410 g/mol. The van der Waals surface area contributed by atoms with Gasteiger partial charge in [-0.15, -0.1) is 0 Å². The SMILES string of the molecule is CCCCCCCCCCCCCCCCCC(N)=O.Nc1nc(N)nc(N)n1. The Morgan fingerprint density at radius 1 is 0.586 bits per heavy atom. The van der Waals surface area contributed by atoms with Gasteiger partial charge >= 0.3 is 0 Å². The molecule has 0 saturated carbocycles. The van der Waals surface area contributed by atoms with Gasteiger partial charge in [0, 0.05) is 6.42 Å². The molecule has 1 aromatic heterocycles. The van der Waals surface area contributed by atoms with E-state index in [4.69, 9.17) is 22.9 Å². The number of hydrogen-bond donors (Lipinski definition) is 4. The highest BCUT2D eigenvalue weighted by Gasteiger charge is 1.96. The third-order valence-corrected chi connectivity index (χ3v) is 4.71. The molecule has 0 unspecified atom stereocenters. The van der Waals surface area contributed by atoms with Gasteiger partial charge in [-0.2, -0.15) is 15.0 Å². The fourth-order valence-electron chi connectivity index (χ4n) is 3.10. The van der Waals surface area contributed by atoms with Crippen molar-refractivity contribution in [2.45, 2.75) is 110 Å². The van der Waals surface area contributed by atoms with E-state index in [9.17, 15) is 4.79 Å². The molecular formula is C21H43N7O. The molecule has 8 heteroatoms. The molecule has 1 amide bonds. The summed E-state index contributed by atoms with van der Waals surface area (Å²) in [6.07, 6.45) is 20.9. The standard InChI is InChI=1S/C18H37NO.C3H6N6/c1-2-3-4-5-6-7-8-9-10-11-12-13-14-15-16-17-18(19)20;4-1-7-2(5)9-3(6)8-1/h2-17H2,1H3,(H2,19,20);(H6,4,5,6,7,8,9). The first-order valence-electron chi connectivity index (χ1n) is 11.3. The van der Waals surface area contributed by atoms with Gasteiger partial charge in [-0.3, -0.25) is 4.79 Å². The van der Waals surface area contributed by atoms with Gasteiger partial charge in [0.1, 0.15) is 0 Å². The third kappa shape index (κ3) is 20.4. The summed E-state index contributed by atoms with van der Waals surface area (Å²) in [5.41, 5.74) is 20.5. The molecule has 0 radical (unpaired) electrons. The number of hydrogen-bond acceptors (Lipinski definition) is 7. The van der Waals surface area contributed by atoms with Gasteiger partial charge in [0.2, 0.25) is 23.8 Å². The van der Waals surface area contributed by atoms with Gasteiger partial charge < -0.3 is 22.9 Å². The minimum atomic E-state index is -0.153. The van der Waals surface area contributed by atoms with Crippen molar-refractivity contribution in [3.05, 3.63) is 0 Å². The van der Waals surface area contributed by atoms with Crippen LogP contribution in [0, 0.1) is 0 Å². The van der Waals surface area contributed by atoms with E-state index in [0.29, 0.717) is 6.42 Å². The fourth-order valence-corrected chi connectivity index (χ4v) is 3.10. The van der Waals surface area contributed by atoms with Crippen LogP contribution < -0.4 is 22.9 Å². The van der Waals surface area contributed by atoms with Gasteiger partial charge in [-0.05, 0) is 6.42 Å². The van der Waals surface area contributed by atoms with Crippen LogP contribution >= 0.6 is 0 Å². The van der Waals surface area contributed by atoms with E-state index >= 15 is 0 Å². The number of aromatic nitrogens is 3. The lowest BCUT2D eigenvalue weighted by Gasteiger charge is -2.03. The Kier molecular flexibility index (Phi) is 17.8. The third-order valence-electron chi connectivity index (χ3n) is 4.71. The van der Waals surface area contributed by atoms with Crippen molar-refractivity contribution in [2.24, 2.45) is 5.73 Å². The number of amides is 1. The van der Waals surface area contributed by atoms with Crippen LogP contribution in [0.1, 0.15) is 110 Å². The van der Waals surface area contributed by atoms with E-state index in [-0.39, 0.29) is 23.8 Å². The smallest absolute Gasteiger partial charge is 0.226 e.